The predicted molar refractivity (Wildman–Crippen MR) is 70.4 cm³/mol. The van der Waals surface area contributed by atoms with Crippen molar-refractivity contribution < 1.29 is 4.79 Å². The first kappa shape index (κ1) is 12.0. The Morgan fingerprint density at radius 1 is 1.42 bits per heavy atom. The van der Waals surface area contributed by atoms with Crippen LogP contribution in [0.2, 0.25) is 0 Å². The number of nitrogens with two attached hydrogens (primary N) is 1. The number of carbonyl (C=O) groups is 1. The van der Waals surface area contributed by atoms with Crippen molar-refractivity contribution in [1.29, 1.82) is 0 Å². The summed E-state index contributed by atoms with van der Waals surface area (Å²) < 4.78 is 1.56. The number of rotatable bonds is 5. The van der Waals surface area contributed by atoms with Crippen LogP contribution in [0, 0.1) is 0 Å². The summed E-state index contributed by atoms with van der Waals surface area (Å²) in [6.45, 7) is 0.635. The lowest BCUT2D eigenvalue weighted by atomic mass is 9.75. The number of Topliss-reactive ketones (excluding diaryl/α,β-unsaturated/α-hetero) is 1. The number of hydrogen-bond donors (Lipinski definition) is 1. The molecule has 2 N–H and O–H groups in total. The van der Waals surface area contributed by atoms with Crippen molar-refractivity contribution in [1.82, 2.24) is 15.0 Å². The van der Waals surface area contributed by atoms with Crippen LogP contribution < -0.4 is 5.73 Å². The topological polar surface area (TPSA) is 73.8 Å². The van der Waals surface area contributed by atoms with E-state index in [4.69, 9.17) is 5.73 Å². The number of nitrogens with zero attached hydrogens (tertiary/aromatic N) is 3. The molecule has 1 aromatic heterocycles. The molecule has 1 aliphatic rings. The molecule has 98 valence electrons. The largest absolute Gasteiger partial charge is 0.325 e. The van der Waals surface area contributed by atoms with Gasteiger partial charge in [0.2, 0.25) is 0 Å². The molecule has 0 bridgehead atoms. The van der Waals surface area contributed by atoms with Gasteiger partial charge in [-0.05, 0) is 23.5 Å². The Morgan fingerprint density at radius 3 is 3.00 bits per heavy atom. The predicted octanol–water partition coefficient (Wildman–Crippen LogP) is 1.04. The van der Waals surface area contributed by atoms with Crippen LogP contribution in [0.15, 0.2) is 30.5 Å². The Bertz CT molecular complexity index is 605. The monoisotopic (exact) mass is 256 g/mol. The maximum atomic E-state index is 12.0. The molecule has 1 heterocycles. The molecule has 0 fully saturated rings. The zero-order valence-corrected chi connectivity index (χ0v) is 10.6. The number of carbonyl (C=O) groups excluding carboxylic acids is 1. The molecule has 0 radical (unpaired) electrons. The van der Waals surface area contributed by atoms with Crippen LogP contribution in [0.1, 0.15) is 29.2 Å². The van der Waals surface area contributed by atoms with Gasteiger partial charge in [0, 0.05) is 13.0 Å². The zero-order chi connectivity index (χ0) is 13.2. The molecule has 0 aliphatic heterocycles. The molecule has 19 heavy (non-hydrogen) atoms. The van der Waals surface area contributed by atoms with Crippen molar-refractivity contribution in [2.75, 3.05) is 0 Å². The highest BCUT2D eigenvalue weighted by Crippen LogP contribution is 2.37. The number of benzene rings is 1. The minimum atomic E-state index is 0.188. The lowest BCUT2D eigenvalue weighted by molar-refractivity contribution is -0.120. The lowest BCUT2D eigenvalue weighted by Gasteiger charge is -2.29. The highest BCUT2D eigenvalue weighted by atomic mass is 16.1. The molecular weight excluding hydrogens is 240 g/mol. The molecule has 0 saturated heterocycles. The van der Waals surface area contributed by atoms with Crippen molar-refractivity contribution in [2.45, 2.75) is 31.8 Å². The summed E-state index contributed by atoms with van der Waals surface area (Å²) in [6, 6.07) is 8.31. The first-order valence-corrected chi connectivity index (χ1v) is 6.45. The molecule has 5 nitrogen and oxygen atoms in total. The smallest absolute Gasteiger partial charge is 0.154 e. The van der Waals surface area contributed by atoms with Gasteiger partial charge in [0.25, 0.3) is 0 Å². The summed E-state index contributed by atoms with van der Waals surface area (Å²) in [6.07, 6.45) is 3.31. The maximum Gasteiger partial charge on any atom is 0.154 e. The standard InChI is InChI=1S/C14H16N4O/c15-7-12-8-18(17-16-12)9-13(19)6-11-5-10-3-1-2-4-14(10)11/h1-4,8,11H,5-7,9,15H2. The summed E-state index contributed by atoms with van der Waals surface area (Å²) in [4.78, 5) is 12.0. The van der Waals surface area contributed by atoms with E-state index in [1.807, 2.05) is 12.1 Å². The normalized spacial score (nSPS) is 16.8. The van der Waals surface area contributed by atoms with Crippen LogP contribution in [0.4, 0.5) is 0 Å². The van der Waals surface area contributed by atoms with E-state index in [0.717, 1.165) is 6.42 Å². The highest BCUT2D eigenvalue weighted by molar-refractivity contribution is 5.79. The van der Waals surface area contributed by atoms with Gasteiger partial charge in [0.05, 0.1) is 11.9 Å². The van der Waals surface area contributed by atoms with Gasteiger partial charge in [-0.15, -0.1) is 5.10 Å². The van der Waals surface area contributed by atoms with Crippen LogP contribution in [-0.2, 0) is 24.3 Å². The average Bonchev–Trinajstić information content (AvgIpc) is 2.83. The first-order valence-electron chi connectivity index (χ1n) is 6.45. The molecule has 0 amide bonds. The van der Waals surface area contributed by atoms with Crippen molar-refractivity contribution in [3.63, 3.8) is 0 Å². The van der Waals surface area contributed by atoms with Gasteiger partial charge in [-0.2, -0.15) is 0 Å². The van der Waals surface area contributed by atoms with Crippen molar-refractivity contribution in [3.8, 4) is 0 Å². The molecule has 0 spiro atoms. The van der Waals surface area contributed by atoms with Crippen LogP contribution in [-0.4, -0.2) is 20.8 Å². The number of aromatic nitrogens is 3. The fourth-order valence-electron chi connectivity index (χ4n) is 2.57. The van der Waals surface area contributed by atoms with E-state index in [1.54, 1.807) is 10.9 Å². The Kier molecular flexibility index (Phi) is 3.13. The SMILES string of the molecule is NCc1cn(CC(=O)CC2Cc3ccccc32)nn1. The minimum Gasteiger partial charge on any atom is -0.325 e. The van der Waals surface area contributed by atoms with Crippen molar-refractivity contribution in [2.24, 2.45) is 5.73 Å². The fourth-order valence-corrected chi connectivity index (χ4v) is 2.57. The molecule has 3 rings (SSSR count). The Hall–Kier alpha value is -2.01. The van der Waals surface area contributed by atoms with Crippen LogP contribution >= 0.6 is 0 Å². The van der Waals surface area contributed by atoms with Crippen LogP contribution in [0.25, 0.3) is 0 Å². The van der Waals surface area contributed by atoms with Gasteiger partial charge < -0.3 is 5.73 Å². The van der Waals surface area contributed by atoms with Gasteiger partial charge in [-0.1, -0.05) is 29.5 Å². The highest BCUT2D eigenvalue weighted by Gasteiger charge is 2.27. The Morgan fingerprint density at radius 2 is 2.26 bits per heavy atom. The van der Waals surface area contributed by atoms with Gasteiger partial charge in [-0.25, -0.2) is 4.68 Å². The first-order chi connectivity index (χ1) is 9.26. The second-order valence-electron chi connectivity index (χ2n) is 4.95. The molecule has 1 unspecified atom stereocenters. The van der Waals surface area contributed by atoms with Gasteiger partial charge >= 0.3 is 0 Å². The van der Waals surface area contributed by atoms with Gasteiger partial charge in [-0.3, -0.25) is 4.79 Å². The quantitative estimate of drug-likeness (QED) is 0.867. The summed E-state index contributed by atoms with van der Waals surface area (Å²) in [5.74, 6) is 0.564. The van der Waals surface area contributed by atoms with Gasteiger partial charge in [0.15, 0.2) is 5.78 Å². The van der Waals surface area contributed by atoms with E-state index in [-0.39, 0.29) is 12.3 Å². The van der Waals surface area contributed by atoms with E-state index in [0.29, 0.717) is 24.6 Å². The second-order valence-corrected chi connectivity index (χ2v) is 4.95. The van der Waals surface area contributed by atoms with E-state index < -0.39 is 0 Å². The maximum absolute atomic E-state index is 12.0. The zero-order valence-electron chi connectivity index (χ0n) is 10.6. The molecule has 1 atom stereocenters. The summed E-state index contributed by atoms with van der Waals surface area (Å²) >= 11 is 0. The third-order valence-corrected chi connectivity index (χ3v) is 3.57. The molecule has 1 aromatic carbocycles. The minimum absolute atomic E-state index is 0.188. The molecule has 1 aliphatic carbocycles. The molecule has 2 aromatic rings. The van der Waals surface area contributed by atoms with Crippen LogP contribution in [0.3, 0.4) is 0 Å². The van der Waals surface area contributed by atoms with Gasteiger partial charge in [0.1, 0.15) is 6.54 Å². The number of fused-ring (bicyclic) bond motifs is 1. The lowest BCUT2D eigenvalue weighted by Crippen LogP contribution is -2.22. The van der Waals surface area contributed by atoms with E-state index in [9.17, 15) is 4.79 Å². The summed E-state index contributed by atoms with van der Waals surface area (Å²) in [5.41, 5.74) is 8.85. The van der Waals surface area contributed by atoms with E-state index in [2.05, 4.69) is 22.4 Å². The van der Waals surface area contributed by atoms with Crippen molar-refractivity contribution in [3.05, 3.63) is 47.3 Å². The summed E-state index contributed by atoms with van der Waals surface area (Å²) in [7, 11) is 0. The molecule has 5 heteroatoms. The number of hydrogen-bond acceptors (Lipinski definition) is 4. The Labute approximate surface area is 111 Å². The molecular formula is C14H16N4O. The third kappa shape index (κ3) is 2.42. The fraction of sp³-hybridized carbons (Fsp3) is 0.357. The van der Waals surface area contributed by atoms with Crippen LogP contribution in [0.5, 0.6) is 0 Å². The third-order valence-electron chi connectivity index (χ3n) is 3.57. The number of ketones is 1. The summed E-state index contributed by atoms with van der Waals surface area (Å²) in [5, 5.41) is 7.76. The average molecular weight is 256 g/mol. The molecule has 0 saturated carbocycles. The van der Waals surface area contributed by atoms with Crippen molar-refractivity contribution >= 4 is 5.78 Å². The second kappa shape index (κ2) is 4.93. The van der Waals surface area contributed by atoms with E-state index in [1.165, 1.54) is 11.1 Å². The Balaban J connectivity index is 1.58. The van der Waals surface area contributed by atoms with E-state index >= 15 is 0 Å².